The molecule has 2 aromatic heterocycles. The summed E-state index contributed by atoms with van der Waals surface area (Å²) in [5.74, 6) is -2.76. The smallest absolute Gasteiger partial charge is 0.325 e. The van der Waals surface area contributed by atoms with E-state index in [2.05, 4.69) is 10.3 Å². The molecule has 7 nitrogen and oxygen atoms in total. The molecule has 3 aromatic rings. The number of thiophene rings is 1. The van der Waals surface area contributed by atoms with Gasteiger partial charge in [0.2, 0.25) is 0 Å². The Kier molecular flexibility index (Phi) is 6.06. The number of hydrogen-bond donors (Lipinski definition) is 1. The average molecular weight is 497 g/mol. The van der Waals surface area contributed by atoms with E-state index in [4.69, 9.17) is 0 Å². The van der Waals surface area contributed by atoms with Crippen LogP contribution in [0.15, 0.2) is 59.6 Å². The van der Waals surface area contributed by atoms with Crippen molar-refractivity contribution in [2.24, 2.45) is 5.92 Å². The maximum absolute atomic E-state index is 13.8. The molecule has 1 N–H and O–H groups in total. The number of hydrogen-bond acceptors (Lipinski definition) is 5. The standard InChI is InChI=1S/C25H22F2N4O3S/c26-20-10-17(11-21(27)12-20)22(32)30-7-3-18(4-8-30)25(19-2-1-6-28-13-19)23(33)31(24(34)29-25)14-16-5-9-35-15-16/h1-2,5-6,9-13,15,18H,3-4,7-8,14H2,(H,29,34). The topological polar surface area (TPSA) is 82.6 Å². The van der Waals surface area contributed by atoms with E-state index < -0.39 is 29.1 Å². The van der Waals surface area contributed by atoms with E-state index in [0.717, 1.165) is 23.8 Å². The Hall–Kier alpha value is -3.66. The summed E-state index contributed by atoms with van der Waals surface area (Å²) in [6, 6.07) is 7.63. The number of halogens is 2. The second-order valence-corrected chi connectivity index (χ2v) is 9.51. The van der Waals surface area contributed by atoms with Gasteiger partial charge in [0, 0.05) is 42.7 Å². The van der Waals surface area contributed by atoms with Crippen molar-refractivity contribution < 1.29 is 23.2 Å². The van der Waals surface area contributed by atoms with E-state index in [0.29, 0.717) is 18.4 Å². The second kappa shape index (κ2) is 9.18. The van der Waals surface area contributed by atoms with E-state index in [1.54, 1.807) is 24.5 Å². The maximum Gasteiger partial charge on any atom is 0.325 e. The van der Waals surface area contributed by atoms with Crippen molar-refractivity contribution in [2.75, 3.05) is 13.1 Å². The molecule has 2 aliphatic rings. The summed E-state index contributed by atoms with van der Waals surface area (Å²) in [5.41, 5.74) is 0.0862. The number of pyridine rings is 1. The molecule has 0 spiro atoms. The van der Waals surface area contributed by atoms with Gasteiger partial charge < -0.3 is 10.2 Å². The highest BCUT2D eigenvalue weighted by molar-refractivity contribution is 7.07. The molecular weight excluding hydrogens is 474 g/mol. The maximum atomic E-state index is 13.8. The van der Waals surface area contributed by atoms with Crippen LogP contribution >= 0.6 is 11.3 Å². The largest absolute Gasteiger partial charge is 0.339 e. The van der Waals surface area contributed by atoms with Gasteiger partial charge in [-0.05, 0) is 59.3 Å². The molecule has 35 heavy (non-hydrogen) atoms. The summed E-state index contributed by atoms with van der Waals surface area (Å²) < 4.78 is 27.2. The number of nitrogens with one attached hydrogen (secondary N) is 1. The molecule has 2 aliphatic heterocycles. The van der Waals surface area contributed by atoms with E-state index in [1.807, 2.05) is 16.8 Å². The number of carbonyl (C=O) groups is 3. The first-order valence-corrected chi connectivity index (χ1v) is 12.1. The first kappa shape index (κ1) is 23.1. The average Bonchev–Trinajstić information content (AvgIpc) is 3.46. The molecule has 2 saturated heterocycles. The number of likely N-dealkylation sites (tertiary alicyclic amines) is 1. The number of urea groups is 1. The highest BCUT2D eigenvalue weighted by Crippen LogP contribution is 2.41. The van der Waals surface area contributed by atoms with Gasteiger partial charge in [0.15, 0.2) is 5.54 Å². The molecule has 0 aliphatic carbocycles. The molecule has 0 radical (unpaired) electrons. The lowest BCUT2D eigenvalue weighted by molar-refractivity contribution is -0.134. The summed E-state index contributed by atoms with van der Waals surface area (Å²) in [6.07, 6.45) is 4.01. The summed E-state index contributed by atoms with van der Waals surface area (Å²) in [6.45, 7) is 0.716. The van der Waals surface area contributed by atoms with Gasteiger partial charge in [-0.3, -0.25) is 19.5 Å². The number of rotatable bonds is 5. The Morgan fingerprint density at radius 1 is 1.14 bits per heavy atom. The number of imide groups is 1. The number of carbonyl (C=O) groups excluding carboxylic acids is 3. The number of aromatic nitrogens is 1. The van der Waals surface area contributed by atoms with Crippen LogP contribution in [0.4, 0.5) is 13.6 Å². The lowest BCUT2D eigenvalue weighted by atomic mass is 9.73. The molecule has 4 amide bonds. The van der Waals surface area contributed by atoms with E-state index >= 15 is 0 Å². The zero-order valence-corrected chi connectivity index (χ0v) is 19.4. The third-order valence-corrected chi connectivity index (χ3v) is 7.41. The summed E-state index contributed by atoms with van der Waals surface area (Å²) >= 11 is 1.49. The number of piperidine rings is 1. The quantitative estimate of drug-likeness (QED) is 0.543. The van der Waals surface area contributed by atoms with Crippen LogP contribution in [-0.4, -0.2) is 45.7 Å². The van der Waals surface area contributed by atoms with Crippen molar-refractivity contribution in [3.05, 3.63) is 87.9 Å². The molecule has 1 unspecified atom stereocenters. The monoisotopic (exact) mass is 496 g/mol. The molecule has 0 saturated carbocycles. The van der Waals surface area contributed by atoms with Gasteiger partial charge in [0.25, 0.3) is 11.8 Å². The second-order valence-electron chi connectivity index (χ2n) is 8.73. The molecule has 2 fully saturated rings. The number of amides is 4. The minimum Gasteiger partial charge on any atom is -0.339 e. The molecule has 0 bridgehead atoms. The van der Waals surface area contributed by atoms with Crippen LogP contribution in [0.1, 0.15) is 34.3 Å². The fraction of sp³-hybridized carbons (Fsp3) is 0.280. The normalized spacial score (nSPS) is 20.9. The molecule has 10 heteroatoms. The zero-order chi connectivity index (χ0) is 24.6. The van der Waals surface area contributed by atoms with Crippen molar-refractivity contribution in [1.29, 1.82) is 0 Å². The minimum absolute atomic E-state index is 0.0601. The SMILES string of the molecule is O=C(c1cc(F)cc(F)c1)N1CCC(C2(c3cccnc3)NC(=O)N(Cc3ccsc3)C2=O)CC1. The van der Waals surface area contributed by atoms with Crippen LogP contribution < -0.4 is 5.32 Å². The summed E-state index contributed by atoms with van der Waals surface area (Å²) in [7, 11) is 0. The highest BCUT2D eigenvalue weighted by Gasteiger charge is 2.57. The summed E-state index contributed by atoms with van der Waals surface area (Å²) in [5, 5.41) is 6.74. The van der Waals surface area contributed by atoms with Crippen molar-refractivity contribution in [1.82, 2.24) is 20.1 Å². The molecule has 180 valence electrons. The third kappa shape index (κ3) is 4.18. The van der Waals surface area contributed by atoms with E-state index in [-0.39, 0.29) is 37.0 Å². The first-order chi connectivity index (χ1) is 16.9. The lowest BCUT2D eigenvalue weighted by Gasteiger charge is -2.41. The van der Waals surface area contributed by atoms with Crippen molar-refractivity contribution >= 4 is 29.2 Å². The van der Waals surface area contributed by atoms with Gasteiger partial charge in [-0.2, -0.15) is 11.3 Å². The number of nitrogens with zero attached hydrogens (tertiary/aromatic N) is 3. The molecule has 1 aromatic carbocycles. The molecular formula is C25H22F2N4O3S. The Morgan fingerprint density at radius 3 is 2.51 bits per heavy atom. The van der Waals surface area contributed by atoms with Crippen LogP contribution in [-0.2, 0) is 16.9 Å². The third-order valence-electron chi connectivity index (χ3n) is 6.67. The van der Waals surface area contributed by atoms with Gasteiger partial charge >= 0.3 is 6.03 Å². The minimum atomic E-state index is -1.30. The van der Waals surface area contributed by atoms with E-state index in [9.17, 15) is 23.2 Å². The van der Waals surface area contributed by atoms with Crippen LogP contribution in [0.25, 0.3) is 0 Å². The van der Waals surface area contributed by atoms with Crippen LogP contribution in [0.3, 0.4) is 0 Å². The Labute approximate surface area is 204 Å². The van der Waals surface area contributed by atoms with Crippen LogP contribution in [0.5, 0.6) is 0 Å². The Morgan fingerprint density at radius 2 is 1.89 bits per heavy atom. The van der Waals surface area contributed by atoms with Gasteiger partial charge in [-0.15, -0.1) is 0 Å². The van der Waals surface area contributed by atoms with Crippen molar-refractivity contribution in [2.45, 2.75) is 24.9 Å². The fourth-order valence-corrected chi connectivity index (χ4v) is 5.64. The first-order valence-electron chi connectivity index (χ1n) is 11.2. The zero-order valence-electron chi connectivity index (χ0n) is 18.6. The Balaban J connectivity index is 1.40. The van der Waals surface area contributed by atoms with Crippen LogP contribution in [0, 0.1) is 17.6 Å². The van der Waals surface area contributed by atoms with E-state index in [1.165, 1.54) is 21.1 Å². The van der Waals surface area contributed by atoms with Gasteiger partial charge in [0.05, 0.1) is 6.54 Å². The number of benzene rings is 1. The Bertz CT molecular complexity index is 1240. The molecule has 5 rings (SSSR count). The van der Waals surface area contributed by atoms with Crippen molar-refractivity contribution in [3.8, 4) is 0 Å². The lowest BCUT2D eigenvalue weighted by Crippen LogP contribution is -2.54. The van der Waals surface area contributed by atoms with Gasteiger partial charge in [-0.1, -0.05) is 6.07 Å². The summed E-state index contributed by atoms with van der Waals surface area (Å²) in [4.78, 5) is 46.6. The van der Waals surface area contributed by atoms with Crippen molar-refractivity contribution in [3.63, 3.8) is 0 Å². The van der Waals surface area contributed by atoms with Gasteiger partial charge in [-0.25, -0.2) is 13.6 Å². The van der Waals surface area contributed by atoms with Gasteiger partial charge in [0.1, 0.15) is 11.6 Å². The predicted octanol–water partition coefficient (Wildman–Crippen LogP) is 3.92. The van der Waals surface area contributed by atoms with Crippen LogP contribution in [0.2, 0.25) is 0 Å². The molecule has 1 atom stereocenters. The molecule has 4 heterocycles. The highest BCUT2D eigenvalue weighted by atomic mass is 32.1. The fourth-order valence-electron chi connectivity index (χ4n) is 4.98. The predicted molar refractivity (Wildman–Crippen MR) is 124 cm³/mol.